The maximum absolute atomic E-state index is 13.0. The van der Waals surface area contributed by atoms with E-state index in [1.807, 2.05) is 48.5 Å². The third-order valence-electron chi connectivity index (χ3n) is 4.31. The molecule has 1 aromatic heterocycles. The lowest BCUT2D eigenvalue weighted by atomic mass is 10.1. The summed E-state index contributed by atoms with van der Waals surface area (Å²) in [6.07, 6.45) is 1.30. The summed E-state index contributed by atoms with van der Waals surface area (Å²) in [7, 11) is 1.57. The molecule has 26 heavy (non-hydrogen) atoms. The fourth-order valence-corrected chi connectivity index (χ4v) is 3.36. The third-order valence-corrected chi connectivity index (χ3v) is 4.61. The maximum atomic E-state index is 13.0. The fourth-order valence-electron chi connectivity index (χ4n) is 3.11. The Morgan fingerprint density at radius 3 is 2.65 bits per heavy atom. The largest absolute Gasteiger partial charge is 0.495 e. The molecule has 4 rings (SSSR count). The predicted octanol–water partition coefficient (Wildman–Crippen LogP) is 4.51. The number of nitrogens with zero attached hydrogens (tertiary/aromatic N) is 2. The summed E-state index contributed by atoms with van der Waals surface area (Å²) in [5, 5.41) is 3.89. The number of carbonyl (C=O) groups excluding carboxylic acids is 1. The third kappa shape index (κ3) is 2.76. The summed E-state index contributed by atoms with van der Waals surface area (Å²) in [6.45, 7) is 0. The van der Waals surface area contributed by atoms with Crippen molar-refractivity contribution in [2.24, 2.45) is 0 Å². The molecule has 2 aromatic carbocycles. The molecule has 3 aromatic rings. The van der Waals surface area contributed by atoms with Gasteiger partial charge in [0.25, 0.3) is 5.91 Å². The van der Waals surface area contributed by atoms with E-state index in [1.54, 1.807) is 30.3 Å². The highest BCUT2D eigenvalue weighted by Crippen LogP contribution is 2.38. The van der Waals surface area contributed by atoms with Crippen molar-refractivity contribution >= 4 is 29.0 Å². The highest BCUT2D eigenvalue weighted by Gasteiger charge is 2.38. The van der Waals surface area contributed by atoms with Crippen LogP contribution in [-0.2, 0) is 0 Å². The summed E-state index contributed by atoms with van der Waals surface area (Å²) in [5.74, 6) is 1.10. The zero-order valence-corrected chi connectivity index (χ0v) is 14.8. The molecule has 1 aliphatic rings. The second-order valence-electron chi connectivity index (χ2n) is 5.85. The lowest BCUT2D eigenvalue weighted by Gasteiger charge is -2.26. The zero-order valence-electron chi connectivity index (χ0n) is 14.0. The van der Waals surface area contributed by atoms with Crippen LogP contribution < -0.4 is 15.0 Å². The molecule has 0 unspecified atom stereocenters. The molecule has 0 fully saturated rings. The lowest BCUT2D eigenvalue weighted by Crippen LogP contribution is -2.32. The van der Waals surface area contributed by atoms with E-state index in [9.17, 15) is 4.79 Å². The van der Waals surface area contributed by atoms with Crippen LogP contribution in [0.5, 0.6) is 5.75 Å². The first-order valence-electron chi connectivity index (χ1n) is 8.12. The van der Waals surface area contributed by atoms with Gasteiger partial charge in [0.1, 0.15) is 17.7 Å². The Morgan fingerprint density at radius 1 is 1.12 bits per heavy atom. The van der Waals surface area contributed by atoms with E-state index in [2.05, 4.69) is 10.3 Å². The number of rotatable bonds is 4. The number of methoxy groups -OCH3 is 1. The lowest BCUT2D eigenvalue weighted by molar-refractivity contribution is 0.0992. The van der Waals surface area contributed by atoms with E-state index >= 15 is 0 Å². The number of pyridine rings is 1. The number of aromatic nitrogens is 1. The number of hydrogen-bond acceptors (Lipinski definition) is 4. The highest BCUT2D eigenvalue weighted by atomic mass is 35.5. The number of amides is 1. The number of carbonyl (C=O) groups is 1. The van der Waals surface area contributed by atoms with Crippen molar-refractivity contribution in [3.63, 3.8) is 0 Å². The van der Waals surface area contributed by atoms with E-state index in [1.165, 1.54) is 0 Å². The quantitative estimate of drug-likeness (QED) is 0.738. The second-order valence-corrected chi connectivity index (χ2v) is 6.25. The number of nitrogens with one attached hydrogen (secondary N) is 1. The van der Waals surface area contributed by atoms with Crippen molar-refractivity contribution < 1.29 is 9.53 Å². The van der Waals surface area contributed by atoms with Gasteiger partial charge in [-0.15, -0.1) is 0 Å². The first-order valence-corrected chi connectivity index (χ1v) is 8.50. The Balaban J connectivity index is 1.75. The minimum Gasteiger partial charge on any atom is -0.495 e. The predicted molar refractivity (Wildman–Crippen MR) is 102 cm³/mol. The molecule has 0 saturated carbocycles. The van der Waals surface area contributed by atoms with Crippen molar-refractivity contribution in [3.8, 4) is 5.75 Å². The molecule has 0 aliphatic carbocycles. The minimum atomic E-state index is -0.377. The van der Waals surface area contributed by atoms with Gasteiger partial charge < -0.3 is 10.1 Å². The average molecular weight is 366 g/mol. The Morgan fingerprint density at radius 2 is 1.92 bits per heavy atom. The summed E-state index contributed by atoms with van der Waals surface area (Å²) in [6, 6.07) is 18.5. The van der Waals surface area contributed by atoms with Crippen molar-refractivity contribution in [2.75, 3.05) is 17.3 Å². The molecule has 0 saturated heterocycles. The molecule has 1 amide bonds. The zero-order chi connectivity index (χ0) is 18.1. The number of ether oxygens (including phenoxy) is 1. The molecule has 1 aliphatic heterocycles. The van der Waals surface area contributed by atoms with E-state index in [0.717, 1.165) is 11.3 Å². The van der Waals surface area contributed by atoms with Gasteiger partial charge in [0.05, 0.1) is 12.1 Å². The van der Waals surface area contributed by atoms with Crippen LogP contribution in [0.3, 0.4) is 0 Å². The van der Waals surface area contributed by atoms with Crippen LogP contribution in [0.2, 0.25) is 5.02 Å². The van der Waals surface area contributed by atoms with Crippen LogP contribution in [0.4, 0.5) is 11.5 Å². The first kappa shape index (κ1) is 16.4. The number of halogens is 1. The first-order chi connectivity index (χ1) is 12.7. The molecule has 2 heterocycles. The Bertz CT molecular complexity index is 962. The van der Waals surface area contributed by atoms with Gasteiger partial charge in [-0.2, -0.15) is 0 Å². The van der Waals surface area contributed by atoms with E-state index in [0.29, 0.717) is 22.2 Å². The van der Waals surface area contributed by atoms with Gasteiger partial charge in [-0.05, 0) is 36.4 Å². The monoisotopic (exact) mass is 365 g/mol. The highest BCUT2D eigenvalue weighted by molar-refractivity contribution is 6.32. The standard InChI is InChI=1S/C20H16ClN3O2/c1-26-17-10-9-13(12-16(17)21)23-19-14-6-2-3-7-15(14)20(25)24(19)18-8-4-5-11-22-18/h2-12,19,23H,1H3/t19-/m0/s1. The van der Waals surface area contributed by atoms with Gasteiger partial charge in [0, 0.05) is 23.0 Å². The SMILES string of the molecule is COc1ccc(N[C@@H]2c3ccccc3C(=O)N2c2ccccn2)cc1Cl. The van der Waals surface area contributed by atoms with Crippen LogP contribution in [0.15, 0.2) is 66.9 Å². The van der Waals surface area contributed by atoms with Gasteiger partial charge in [-0.1, -0.05) is 35.9 Å². The molecule has 0 spiro atoms. The number of fused-ring (bicyclic) bond motifs is 1. The molecular formula is C20H16ClN3O2. The van der Waals surface area contributed by atoms with Gasteiger partial charge in [0.15, 0.2) is 0 Å². The topological polar surface area (TPSA) is 54.5 Å². The van der Waals surface area contributed by atoms with E-state index in [-0.39, 0.29) is 12.1 Å². The van der Waals surface area contributed by atoms with Crippen molar-refractivity contribution in [2.45, 2.75) is 6.17 Å². The smallest absolute Gasteiger partial charge is 0.261 e. The Hall–Kier alpha value is -3.05. The summed E-state index contributed by atoms with van der Waals surface area (Å²) >= 11 is 6.24. The van der Waals surface area contributed by atoms with Crippen LogP contribution >= 0.6 is 11.6 Å². The van der Waals surface area contributed by atoms with Crippen molar-refractivity contribution in [1.29, 1.82) is 0 Å². The van der Waals surface area contributed by atoms with Gasteiger partial charge >= 0.3 is 0 Å². The summed E-state index contributed by atoms with van der Waals surface area (Å²) in [4.78, 5) is 19.0. The van der Waals surface area contributed by atoms with Crippen molar-refractivity contribution in [1.82, 2.24) is 4.98 Å². The number of anilines is 2. The van der Waals surface area contributed by atoms with Crippen LogP contribution in [0.25, 0.3) is 0 Å². The average Bonchev–Trinajstić information content (AvgIpc) is 2.95. The van der Waals surface area contributed by atoms with Crippen LogP contribution in [-0.4, -0.2) is 18.0 Å². The normalized spacial score (nSPS) is 15.7. The molecule has 6 heteroatoms. The molecule has 1 atom stereocenters. The molecule has 130 valence electrons. The van der Waals surface area contributed by atoms with Crippen molar-refractivity contribution in [3.05, 3.63) is 83.0 Å². The van der Waals surface area contributed by atoms with Gasteiger partial charge in [0.2, 0.25) is 0 Å². The van der Waals surface area contributed by atoms with Crippen LogP contribution in [0, 0.1) is 0 Å². The second kappa shape index (κ2) is 6.69. The minimum absolute atomic E-state index is 0.0867. The Kier molecular flexibility index (Phi) is 4.22. The molecule has 5 nitrogen and oxygen atoms in total. The van der Waals surface area contributed by atoms with Gasteiger partial charge in [-0.3, -0.25) is 9.69 Å². The summed E-state index contributed by atoms with van der Waals surface area (Å²) in [5.41, 5.74) is 2.34. The van der Waals surface area contributed by atoms with E-state index < -0.39 is 0 Å². The van der Waals surface area contributed by atoms with Crippen LogP contribution in [0.1, 0.15) is 22.1 Å². The van der Waals surface area contributed by atoms with E-state index in [4.69, 9.17) is 16.3 Å². The summed E-state index contributed by atoms with van der Waals surface area (Å²) < 4.78 is 5.20. The molecule has 0 bridgehead atoms. The molecule has 0 radical (unpaired) electrons. The molecular weight excluding hydrogens is 350 g/mol. The Labute approximate surface area is 156 Å². The van der Waals surface area contributed by atoms with Gasteiger partial charge in [-0.25, -0.2) is 4.98 Å². The number of hydrogen-bond donors (Lipinski definition) is 1. The molecule has 1 N–H and O–H groups in total. The fraction of sp³-hybridized carbons (Fsp3) is 0.100. The number of benzene rings is 2. The maximum Gasteiger partial charge on any atom is 0.261 e.